The van der Waals surface area contributed by atoms with E-state index in [1.54, 1.807) is 0 Å². The average molecular weight is 347 g/mol. The Morgan fingerprint density at radius 1 is 1.36 bits per heavy atom. The molecule has 0 aromatic heterocycles. The van der Waals surface area contributed by atoms with Crippen LogP contribution in [-0.4, -0.2) is 54.4 Å². The first-order valence-corrected chi connectivity index (χ1v) is 9.31. The molecule has 0 saturated carbocycles. The second-order valence-electron chi connectivity index (χ2n) is 7.26. The SMILES string of the molecule is Cc1ccc(OCCC(=O)N2CCC[C@@H]2[C@@H]2COCC[C@@H]2O)c(C)c1. The fraction of sp³-hybridized carbons (Fsp3) is 0.650. The molecule has 2 aliphatic heterocycles. The molecule has 0 spiro atoms. The van der Waals surface area contributed by atoms with Crippen molar-refractivity contribution in [2.24, 2.45) is 5.92 Å². The lowest BCUT2D eigenvalue weighted by atomic mass is 9.89. The highest BCUT2D eigenvalue weighted by molar-refractivity contribution is 5.77. The van der Waals surface area contributed by atoms with Gasteiger partial charge in [-0.25, -0.2) is 0 Å². The van der Waals surface area contributed by atoms with Gasteiger partial charge in [-0.05, 0) is 44.7 Å². The van der Waals surface area contributed by atoms with Crippen LogP contribution in [0.15, 0.2) is 18.2 Å². The van der Waals surface area contributed by atoms with Gasteiger partial charge in [0.2, 0.25) is 5.91 Å². The smallest absolute Gasteiger partial charge is 0.226 e. The van der Waals surface area contributed by atoms with Crippen LogP contribution < -0.4 is 4.74 Å². The highest BCUT2D eigenvalue weighted by Crippen LogP contribution is 2.30. The van der Waals surface area contributed by atoms with E-state index in [9.17, 15) is 9.90 Å². The average Bonchev–Trinajstić information content (AvgIpc) is 3.06. The van der Waals surface area contributed by atoms with Crippen molar-refractivity contribution in [1.29, 1.82) is 0 Å². The minimum Gasteiger partial charge on any atom is -0.493 e. The Bertz CT molecular complexity index is 603. The minimum atomic E-state index is -0.362. The van der Waals surface area contributed by atoms with Crippen molar-refractivity contribution in [3.05, 3.63) is 29.3 Å². The van der Waals surface area contributed by atoms with Gasteiger partial charge in [0, 0.05) is 25.1 Å². The van der Waals surface area contributed by atoms with Crippen LogP contribution in [0.3, 0.4) is 0 Å². The monoisotopic (exact) mass is 347 g/mol. The molecule has 0 unspecified atom stereocenters. The van der Waals surface area contributed by atoms with Crippen molar-refractivity contribution < 1.29 is 19.4 Å². The summed E-state index contributed by atoms with van der Waals surface area (Å²) in [6.07, 6.45) is 2.62. The van der Waals surface area contributed by atoms with Gasteiger partial charge in [-0.2, -0.15) is 0 Å². The Kier molecular flexibility index (Phi) is 5.97. The van der Waals surface area contributed by atoms with Crippen molar-refractivity contribution >= 4 is 5.91 Å². The zero-order chi connectivity index (χ0) is 17.8. The fourth-order valence-corrected chi connectivity index (χ4v) is 4.02. The summed E-state index contributed by atoms with van der Waals surface area (Å²) in [5.41, 5.74) is 2.29. The minimum absolute atomic E-state index is 0.0421. The number of hydrogen-bond acceptors (Lipinski definition) is 4. The number of nitrogens with zero attached hydrogens (tertiary/aromatic N) is 1. The highest BCUT2D eigenvalue weighted by atomic mass is 16.5. The largest absolute Gasteiger partial charge is 0.493 e. The predicted molar refractivity (Wildman–Crippen MR) is 95.7 cm³/mol. The van der Waals surface area contributed by atoms with Crippen molar-refractivity contribution in [2.45, 2.75) is 51.7 Å². The summed E-state index contributed by atoms with van der Waals surface area (Å²) in [5, 5.41) is 10.3. The highest BCUT2D eigenvalue weighted by Gasteiger charge is 2.39. The molecule has 1 N–H and O–H groups in total. The van der Waals surface area contributed by atoms with E-state index in [2.05, 4.69) is 13.0 Å². The molecule has 3 atom stereocenters. The third-order valence-corrected chi connectivity index (χ3v) is 5.38. The Labute approximate surface area is 149 Å². The van der Waals surface area contributed by atoms with Gasteiger partial charge in [-0.15, -0.1) is 0 Å². The van der Waals surface area contributed by atoms with Crippen LogP contribution >= 0.6 is 0 Å². The quantitative estimate of drug-likeness (QED) is 0.889. The Hall–Kier alpha value is -1.59. The number of carbonyl (C=O) groups excluding carboxylic acids is 1. The maximum Gasteiger partial charge on any atom is 0.226 e. The molecule has 2 heterocycles. The Morgan fingerprint density at radius 3 is 2.96 bits per heavy atom. The van der Waals surface area contributed by atoms with E-state index in [1.807, 2.05) is 24.0 Å². The molecule has 0 bridgehead atoms. The molecule has 2 aliphatic rings. The summed E-state index contributed by atoms with van der Waals surface area (Å²) in [6, 6.07) is 6.16. The first-order chi connectivity index (χ1) is 12.1. The zero-order valence-electron chi connectivity index (χ0n) is 15.2. The number of aliphatic hydroxyl groups excluding tert-OH is 1. The van der Waals surface area contributed by atoms with E-state index in [0.29, 0.717) is 32.7 Å². The summed E-state index contributed by atoms with van der Waals surface area (Å²) in [4.78, 5) is 14.6. The zero-order valence-corrected chi connectivity index (χ0v) is 15.2. The first kappa shape index (κ1) is 18.2. The third kappa shape index (κ3) is 4.33. The van der Waals surface area contributed by atoms with Gasteiger partial charge in [-0.3, -0.25) is 4.79 Å². The summed E-state index contributed by atoms with van der Waals surface area (Å²) in [5.74, 6) is 0.998. The number of amides is 1. The van der Waals surface area contributed by atoms with Crippen molar-refractivity contribution in [3.63, 3.8) is 0 Å². The van der Waals surface area contributed by atoms with Gasteiger partial charge in [0.25, 0.3) is 0 Å². The van der Waals surface area contributed by atoms with Gasteiger partial charge in [-0.1, -0.05) is 17.7 Å². The molecular formula is C20H29NO4. The van der Waals surface area contributed by atoms with Gasteiger partial charge in [0.05, 0.1) is 25.7 Å². The van der Waals surface area contributed by atoms with E-state index >= 15 is 0 Å². The van der Waals surface area contributed by atoms with Crippen LogP contribution in [0.2, 0.25) is 0 Å². The van der Waals surface area contributed by atoms with Crippen LogP contribution in [0, 0.1) is 19.8 Å². The molecule has 0 aliphatic carbocycles. The summed E-state index contributed by atoms with van der Waals surface area (Å²) >= 11 is 0. The maximum atomic E-state index is 12.7. The lowest BCUT2D eigenvalue weighted by Gasteiger charge is -2.37. The number of aliphatic hydroxyl groups is 1. The molecular weight excluding hydrogens is 318 g/mol. The second-order valence-corrected chi connectivity index (χ2v) is 7.26. The van der Waals surface area contributed by atoms with Gasteiger partial charge in [0.15, 0.2) is 0 Å². The van der Waals surface area contributed by atoms with Gasteiger partial charge < -0.3 is 19.5 Å². The van der Waals surface area contributed by atoms with Crippen LogP contribution in [0.5, 0.6) is 5.75 Å². The van der Waals surface area contributed by atoms with Crippen molar-refractivity contribution in [1.82, 2.24) is 4.90 Å². The van der Waals surface area contributed by atoms with Crippen LogP contribution in [0.4, 0.5) is 0 Å². The number of aryl methyl sites for hydroxylation is 2. The third-order valence-electron chi connectivity index (χ3n) is 5.38. The lowest BCUT2D eigenvalue weighted by molar-refractivity contribution is -0.136. The number of rotatable bonds is 5. The standard InChI is InChI=1S/C20H29NO4/c1-14-5-6-19(15(2)12-14)25-11-8-20(23)21-9-3-4-17(21)16-13-24-10-7-18(16)22/h5-6,12,16-18,22H,3-4,7-11,13H2,1-2H3/t16-,17+,18-/m0/s1. The molecule has 5 nitrogen and oxygen atoms in total. The molecule has 3 rings (SSSR count). The van der Waals surface area contributed by atoms with Gasteiger partial charge in [0.1, 0.15) is 5.75 Å². The molecule has 1 aromatic rings. The molecule has 5 heteroatoms. The second kappa shape index (κ2) is 8.19. The Balaban J connectivity index is 1.53. The number of carbonyl (C=O) groups is 1. The normalized spacial score (nSPS) is 26.7. The lowest BCUT2D eigenvalue weighted by Crippen LogP contribution is -2.48. The molecule has 25 heavy (non-hydrogen) atoms. The maximum absolute atomic E-state index is 12.7. The molecule has 0 radical (unpaired) electrons. The van der Waals surface area contributed by atoms with E-state index in [-0.39, 0.29) is 24.0 Å². The molecule has 138 valence electrons. The van der Waals surface area contributed by atoms with Crippen molar-refractivity contribution in [3.8, 4) is 5.75 Å². The van der Waals surface area contributed by atoms with E-state index in [4.69, 9.17) is 9.47 Å². The van der Waals surface area contributed by atoms with Crippen LogP contribution in [0.25, 0.3) is 0 Å². The fourth-order valence-electron chi connectivity index (χ4n) is 4.02. The van der Waals surface area contributed by atoms with Crippen molar-refractivity contribution in [2.75, 3.05) is 26.4 Å². The molecule has 1 amide bonds. The molecule has 2 saturated heterocycles. The number of hydrogen-bond donors (Lipinski definition) is 1. The summed E-state index contributed by atoms with van der Waals surface area (Å²) in [6.45, 7) is 6.39. The number of benzene rings is 1. The first-order valence-electron chi connectivity index (χ1n) is 9.31. The van der Waals surface area contributed by atoms with E-state index in [1.165, 1.54) is 5.56 Å². The summed E-state index contributed by atoms with van der Waals surface area (Å²) in [7, 11) is 0. The van der Waals surface area contributed by atoms with Gasteiger partial charge >= 0.3 is 0 Å². The number of ether oxygens (including phenoxy) is 2. The van der Waals surface area contributed by atoms with Crippen LogP contribution in [0.1, 0.15) is 36.8 Å². The molecule has 1 aromatic carbocycles. The Morgan fingerprint density at radius 2 is 2.20 bits per heavy atom. The van der Waals surface area contributed by atoms with E-state index in [0.717, 1.165) is 30.7 Å². The van der Waals surface area contributed by atoms with E-state index < -0.39 is 0 Å². The summed E-state index contributed by atoms with van der Waals surface area (Å²) < 4.78 is 11.3. The van der Waals surface area contributed by atoms with Crippen LogP contribution in [-0.2, 0) is 9.53 Å². The molecule has 2 fully saturated rings. The number of likely N-dealkylation sites (tertiary alicyclic amines) is 1. The predicted octanol–water partition coefficient (Wildman–Crippen LogP) is 2.46. The topological polar surface area (TPSA) is 59.0 Å².